The normalized spacial score (nSPS) is 26.2. The van der Waals surface area contributed by atoms with Crippen molar-refractivity contribution in [1.29, 1.82) is 0 Å². The van der Waals surface area contributed by atoms with Gasteiger partial charge in [0.15, 0.2) is 43.1 Å². The number of aliphatic hydroxyl groups excluding tert-OH is 1. The fourth-order valence-electron chi connectivity index (χ4n) is 12.1. The van der Waals surface area contributed by atoms with E-state index >= 15 is 0 Å². The molecule has 4 fully saturated rings. The molecule has 8 atom stereocenters. The molecule has 24 nitrogen and oxygen atoms in total. The van der Waals surface area contributed by atoms with E-state index in [-0.39, 0.29) is 86.4 Å². The lowest BCUT2D eigenvalue weighted by molar-refractivity contribution is -0.115. The third-order valence-electron chi connectivity index (χ3n) is 16.0. The molecule has 460 valence electrons. The maximum Gasteiger partial charge on any atom is 0.335 e. The van der Waals surface area contributed by atoms with E-state index < -0.39 is 91.6 Å². The number of carbonyl (C=O) groups is 2. The second kappa shape index (κ2) is 25.3. The van der Waals surface area contributed by atoms with E-state index in [0.717, 1.165) is 0 Å². The first-order chi connectivity index (χ1) is 38.2. The van der Waals surface area contributed by atoms with Crippen molar-refractivity contribution in [1.82, 2.24) is 39.0 Å². The Morgan fingerprint density at radius 2 is 0.927 bits per heavy atom. The molecule has 0 radical (unpaired) electrons. The highest BCUT2D eigenvalue weighted by atomic mass is 28.5. The predicted octanol–water partition coefficient (Wildman–Crippen LogP) is 9.88. The van der Waals surface area contributed by atoms with Gasteiger partial charge in [-0.05, 0) is 64.0 Å². The van der Waals surface area contributed by atoms with Crippen LogP contribution >= 0.6 is 0 Å². The summed E-state index contributed by atoms with van der Waals surface area (Å²) in [6, 6.07) is 0. The molecular weight excluding hydrogens is 1140 g/mol. The topological polar surface area (TPSA) is 267 Å². The van der Waals surface area contributed by atoms with Crippen LogP contribution in [0.15, 0.2) is 12.7 Å². The molecule has 4 aliphatic rings. The number of carbonyl (C=O) groups excluding carboxylic acids is 2. The third kappa shape index (κ3) is 12.6. The Balaban J connectivity index is 0.000000237. The molecule has 0 unspecified atom stereocenters. The Morgan fingerprint density at radius 1 is 0.573 bits per heavy atom. The molecule has 8 heterocycles. The number of hydrogen-bond donors (Lipinski definition) is 3. The van der Waals surface area contributed by atoms with E-state index in [4.69, 9.17) is 49.3 Å². The molecule has 3 N–H and O–H groups in total. The lowest BCUT2D eigenvalue weighted by atomic mass is 10.1. The van der Waals surface area contributed by atoms with Crippen LogP contribution in [0.4, 0.5) is 11.9 Å². The Bertz CT molecular complexity index is 2840. The molecule has 8 rings (SSSR count). The molecular formula is C53H94N10O14Si5. The van der Waals surface area contributed by atoms with Crippen LogP contribution in [-0.2, 0) is 49.4 Å². The van der Waals surface area contributed by atoms with E-state index in [1.807, 2.05) is 4.57 Å². The van der Waals surface area contributed by atoms with Gasteiger partial charge in [0, 0.05) is 13.8 Å². The summed E-state index contributed by atoms with van der Waals surface area (Å²) in [4.78, 5) is 50.2. The molecule has 4 aromatic rings. The number of nitrogens with one attached hydrogen (secondary N) is 2. The molecule has 0 aliphatic carbocycles. The Kier molecular flexibility index (Phi) is 20.4. The predicted molar refractivity (Wildman–Crippen MR) is 322 cm³/mol. The van der Waals surface area contributed by atoms with Gasteiger partial charge in [-0.15, -0.1) is 0 Å². The van der Waals surface area contributed by atoms with Crippen LogP contribution in [0.5, 0.6) is 11.8 Å². The van der Waals surface area contributed by atoms with E-state index in [2.05, 4.69) is 171 Å². The molecule has 82 heavy (non-hydrogen) atoms. The van der Waals surface area contributed by atoms with Crippen LogP contribution in [0.25, 0.3) is 22.3 Å². The van der Waals surface area contributed by atoms with Crippen LogP contribution < -0.4 is 20.1 Å². The highest BCUT2D eigenvalue weighted by Crippen LogP contribution is 2.51. The number of amides is 2. The highest BCUT2D eigenvalue weighted by Gasteiger charge is 2.64. The van der Waals surface area contributed by atoms with Crippen molar-refractivity contribution >= 4 is 88.6 Å². The lowest BCUT2D eigenvalue weighted by Gasteiger charge is -2.51. The van der Waals surface area contributed by atoms with E-state index in [1.54, 1.807) is 10.9 Å². The Labute approximate surface area is 489 Å². The molecule has 0 spiro atoms. The number of imidazole rings is 2. The number of rotatable bonds is 16. The minimum atomic E-state index is -2.94. The molecule has 2 amide bonds. The Hall–Kier alpha value is -3.68. The first-order valence-corrected chi connectivity index (χ1v) is 40.3. The molecule has 4 aliphatic heterocycles. The minimum Gasteiger partial charge on any atom is -0.479 e. The van der Waals surface area contributed by atoms with Crippen LogP contribution in [-0.4, -0.2) is 163 Å². The smallest absolute Gasteiger partial charge is 0.335 e. The molecule has 0 aromatic carbocycles. The number of anilines is 2. The van der Waals surface area contributed by atoms with Gasteiger partial charge < -0.3 is 54.4 Å². The summed E-state index contributed by atoms with van der Waals surface area (Å²) in [6.45, 7) is 44.7. The van der Waals surface area contributed by atoms with Gasteiger partial charge in [0.05, 0.1) is 40.1 Å². The van der Waals surface area contributed by atoms with Crippen molar-refractivity contribution in [2.75, 3.05) is 38.1 Å². The average molecular weight is 1240 g/mol. The molecule has 0 bridgehead atoms. The summed E-state index contributed by atoms with van der Waals surface area (Å²) in [5.41, 5.74) is 3.02. The van der Waals surface area contributed by atoms with Gasteiger partial charge >= 0.3 is 34.2 Å². The number of aliphatic hydroxyl groups is 1. The van der Waals surface area contributed by atoms with Crippen molar-refractivity contribution < 1.29 is 64.0 Å². The van der Waals surface area contributed by atoms with Gasteiger partial charge in [-0.25, -0.2) is 9.97 Å². The van der Waals surface area contributed by atoms with Gasteiger partial charge in [0.2, 0.25) is 35.5 Å². The van der Waals surface area contributed by atoms with Crippen LogP contribution in [0.3, 0.4) is 0 Å². The maximum atomic E-state index is 11.9. The zero-order valence-electron chi connectivity index (χ0n) is 52.6. The largest absolute Gasteiger partial charge is 0.479 e. The van der Waals surface area contributed by atoms with Crippen molar-refractivity contribution in [2.24, 2.45) is 0 Å². The summed E-state index contributed by atoms with van der Waals surface area (Å²) in [6.07, 6.45) is -1.87. The summed E-state index contributed by atoms with van der Waals surface area (Å²) < 4.78 is 77.5. The number of fused-ring (bicyclic) bond motifs is 4. The zero-order valence-corrected chi connectivity index (χ0v) is 57.6. The highest BCUT2D eigenvalue weighted by molar-refractivity contribution is 6.84. The molecule has 29 heteroatoms. The lowest BCUT2D eigenvalue weighted by Crippen LogP contribution is -2.66. The molecule has 4 aromatic heterocycles. The molecule has 0 saturated carbocycles. The number of ether oxygens (including phenoxy) is 4. The summed E-state index contributed by atoms with van der Waals surface area (Å²) in [7, 11) is -10.5. The van der Waals surface area contributed by atoms with E-state index in [9.17, 15) is 14.7 Å². The standard InChI is InChI=1S/C28H51N5O7Si3.C25H43N5O7Si2/c1-16(2)42(17(3)4)36-14-21-23(39-43(40-42,18(5)6)19(7)8)24(38-41(11,12)13)27(37-21)33-15-29-22-25(33)31-28(30-20(9)34)32-26(22)35-10;1-13(2)38(14(3)4)34-11-18-21(36-39(37-38,15(5)6)16(7)8)20(32)24(35-18)30-12-26-19-22(30)28-25(27-17(9)31)29-23(19)33-10/h15-19,21,23-24,27H,14H2,1-13H3,(H,30,31,32,34);12-16,18,20-21,24,32H,11H2,1-10H3,(H,27,28,29,31)/t21-,23-,24-,27-;18-,20-,21-,24-/m11/s1. The van der Waals surface area contributed by atoms with Crippen molar-refractivity contribution in [3.63, 3.8) is 0 Å². The summed E-state index contributed by atoms with van der Waals surface area (Å²) in [5, 5.41) is 16.9. The van der Waals surface area contributed by atoms with Crippen molar-refractivity contribution in [3.05, 3.63) is 12.7 Å². The number of hydrogen-bond acceptors (Lipinski definition) is 20. The summed E-state index contributed by atoms with van der Waals surface area (Å²) in [5.74, 6) is 0.0211. The fourth-order valence-corrected chi connectivity index (χ4v) is 35.6. The van der Waals surface area contributed by atoms with Gasteiger partial charge in [0.25, 0.3) is 0 Å². The fraction of sp³-hybridized carbons (Fsp3) is 0.774. The first-order valence-electron chi connectivity index (χ1n) is 29.1. The van der Waals surface area contributed by atoms with Crippen molar-refractivity contribution in [2.45, 2.75) is 238 Å². The SMILES string of the molecule is COc1nc(NC(C)=O)nc2c1ncn2[C@@H]1O[C@@H]2CO[Si](C(C)C)(C(C)C)O[Si](C(C)C)(C(C)C)O[C@H]2[C@H]1O.COc1nc(NC(C)=O)nc2c1ncn2[C@@H]1O[C@@H]2CO[Si](C(C)C)(C(C)C)O[Si](C(C)C)(C(C)C)O[C@H]2[C@H]1O[Si](C)(C)C. The quantitative estimate of drug-likeness (QED) is 0.0881. The van der Waals surface area contributed by atoms with Crippen LogP contribution in [0, 0.1) is 0 Å². The van der Waals surface area contributed by atoms with E-state index in [0.29, 0.717) is 28.9 Å². The van der Waals surface area contributed by atoms with Gasteiger partial charge in [-0.2, -0.15) is 19.9 Å². The summed E-state index contributed by atoms with van der Waals surface area (Å²) >= 11 is 0. The van der Waals surface area contributed by atoms with Crippen LogP contribution in [0.1, 0.15) is 137 Å². The molecule has 4 saturated heterocycles. The second-order valence-electron chi connectivity index (χ2n) is 25.6. The average Bonchev–Trinajstić information content (AvgIpc) is 3.64. The third-order valence-corrected chi connectivity index (χ3v) is 37.5. The number of methoxy groups -OCH3 is 2. The Morgan fingerprint density at radius 3 is 1.28 bits per heavy atom. The first kappa shape index (κ1) is 65.9. The zero-order chi connectivity index (χ0) is 60.9. The number of nitrogens with zero attached hydrogens (tertiary/aromatic N) is 8. The van der Waals surface area contributed by atoms with Gasteiger partial charge in [-0.3, -0.25) is 29.4 Å². The number of aromatic nitrogens is 8. The van der Waals surface area contributed by atoms with Crippen LogP contribution in [0.2, 0.25) is 64.0 Å². The minimum absolute atomic E-state index is 0.0655. The van der Waals surface area contributed by atoms with Gasteiger partial charge in [0.1, 0.15) is 36.6 Å². The van der Waals surface area contributed by atoms with E-state index in [1.165, 1.54) is 34.4 Å². The monoisotopic (exact) mass is 1230 g/mol. The second-order valence-corrected chi connectivity index (χ2v) is 47.7. The maximum absolute atomic E-state index is 11.9. The van der Waals surface area contributed by atoms with Crippen molar-refractivity contribution in [3.8, 4) is 11.8 Å². The van der Waals surface area contributed by atoms with Gasteiger partial charge in [-0.1, -0.05) is 111 Å².